The lowest BCUT2D eigenvalue weighted by Gasteiger charge is -2.08. The maximum absolute atomic E-state index is 13.0. The Morgan fingerprint density at radius 3 is 2.37 bits per heavy atom. The van der Waals surface area contributed by atoms with E-state index in [1.165, 1.54) is 12.1 Å². The molecule has 1 N–H and O–H groups in total. The van der Waals surface area contributed by atoms with Gasteiger partial charge in [0, 0.05) is 18.5 Å². The lowest BCUT2D eigenvalue weighted by Crippen LogP contribution is -2.26. The third-order valence-electron chi connectivity index (χ3n) is 4.06. The highest BCUT2D eigenvalue weighted by Crippen LogP contribution is 2.18. The van der Waals surface area contributed by atoms with Crippen LogP contribution in [-0.4, -0.2) is 25.1 Å². The summed E-state index contributed by atoms with van der Waals surface area (Å²) in [6, 6.07) is 12.5. The molecule has 142 valence electrons. The lowest BCUT2D eigenvalue weighted by atomic mass is 10.0. The number of sulfonamides is 1. The van der Waals surface area contributed by atoms with Crippen molar-refractivity contribution < 1.29 is 17.3 Å². The van der Waals surface area contributed by atoms with Gasteiger partial charge in [-0.1, -0.05) is 31.1 Å². The van der Waals surface area contributed by atoms with Crippen molar-refractivity contribution in [1.29, 1.82) is 0 Å². The topological polar surface area (TPSA) is 85.1 Å². The third kappa shape index (κ3) is 4.78. The molecule has 27 heavy (non-hydrogen) atoms. The van der Waals surface area contributed by atoms with Crippen molar-refractivity contribution >= 4 is 10.0 Å². The second-order valence-electron chi connectivity index (χ2n) is 6.39. The molecule has 1 heterocycles. The van der Waals surface area contributed by atoms with E-state index in [0.29, 0.717) is 23.2 Å². The molecule has 6 nitrogen and oxygen atoms in total. The molecule has 2 aromatic carbocycles. The first-order valence-corrected chi connectivity index (χ1v) is 10.0. The molecular formula is C19H20FN3O3S. The van der Waals surface area contributed by atoms with E-state index in [0.717, 1.165) is 5.56 Å². The number of hydrogen-bond acceptors (Lipinski definition) is 5. The average Bonchev–Trinajstić information content (AvgIpc) is 3.11. The van der Waals surface area contributed by atoms with E-state index in [2.05, 4.69) is 14.9 Å². The second-order valence-corrected chi connectivity index (χ2v) is 8.16. The van der Waals surface area contributed by atoms with Gasteiger partial charge in [-0.2, -0.15) is 4.98 Å². The number of aromatic nitrogens is 2. The van der Waals surface area contributed by atoms with E-state index in [4.69, 9.17) is 4.52 Å². The van der Waals surface area contributed by atoms with Gasteiger partial charge in [-0.25, -0.2) is 17.5 Å². The van der Waals surface area contributed by atoms with Crippen molar-refractivity contribution in [2.75, 3.05) is 6.54 Å². The summed E-state index contributed by atoms with van der Waals surface area (Å²) < 4.78 is 45.3. The van der Waals surface area contributed by atoms with Gasteiger partial charge >= 0.3 is 0 Å². The Morgan fingerprint density at radius 1 is 1.07 bits per heavy atom. The van der Waals surface area contributed by atoms with Crippen LogP contribution in [0.3, 0.4) is 0 Å². The predicted octanol–water partition coefficient (Wildman–Crippen LogP) is 3.52. The molecule has 8 heteroatoms. The lowest BCUT2D eigenvalue weighted by molar-refractivity contribution is 0.379. The van der Waals surface area contributed by atoms with Gasteiger partial charge in [-0.3, -0.25) is 0 Å². The van der Waals surface area contributed by atoms with Crippen LogP contribution in [0.2, 0.25) is 0 Å². The summed E-state index contributed by atoms with van der Waals surface area (Å²) in [5.41, 5.74) is 1.70. The normalized spacial score (nSPS) is 11.9. The molecule has 0 bridgehead atoms. The zero-order chi connectivity index (χ0) is 19.4. The Hall–Kier alpha value is -2.58. The number of nitrogens with zero attached hydrogens (tertiary/aromatic N) is 2. The van der Waals surface area contributed by atoms with Gasteiger partial charge in [0.1, 0.15) is 5.82 Å². The SMILES string of the molecule is CC(C)c1ccc(S(=O)(=O)NCCc2nc(-c3ccc(F)cc3)no2)cc1. The fourth-order valence-corrected chi connectivity index (χ4v) is 3.51. The van der Waals surface area contributed by atoms with Crippen LogP contribution in [0.25, 0.3) is 11.4 Å². The standard InChI is InChI=1S/C19H20FN3O3S/c1-13(2)14-5-9-17(10-6-14)27(24,25)21-12-11-18-22-19(23-26-18)15-3-7-16(20)8-4-15/h3-10,13,21H,11-12H2,1-2H3. The van der Waals surface area contributed by atoms with Crippen LogP contribution >= 0.6 is 0 Å². The molecule has 1 aromatic heterocycles. The van der Waals surface area contributed by atoms with Crippen molar-refractivity contribution in [3.63, 3.8) is 0 Å². The van der Waals surface area contributed by atoms with Gasteiger partial charge in [-0.05, 0) is 47.9 Å². The van der Waals surface area contributed by atoms with Crippen LogP contribution in [0, 0.1) is 5.82 Å². The van der Waals surface area contributed by atoms with Crippen LogP contribution in [-0.2, 0) is 16.4 Å². The van der Waals surface area contributed by atoms with Crippen LogP contribution in [0.5, 0.6) is 0 Å². The fraction of sp³-hybridized carbons (Fsp3) is 0.263. The first kappa shape index (κ1) is 19.2. The second kappa shape index (κ2) is 7.98. The summed E-state index contributed by atoms with van der Waals surface area (Å²) in [7, 11) is -3.60. The van der Waals surface area contributed by atoms with Gasteiger partial charge < -0.3 is 4.52 Å². The number of rotatable bonds is 7. The molecule has 0 aliphatic heterocycles. The number of halogens is 1. The summed E-state index contributed by atoms with van der Waals surface area (Å²) in [5, 5.41) is 3.83. The van der Waals surface area contributed by atoms with Gasteiger partial charge in [0.05, 0.1) is 4.90 Å². The largest absolute Gasteiger partial charge is 0.339 e. The van der Waals surface area contributed by atoms with Crippen LogP contribution < -0.4 is 4.72 Å². The minimum atomic E-state index is -3.60. The summed E-state index contributed by atoms with van der Waals surface area (Å²) in [4.78, 5) is 4.41. The van der Waals surface area contributed by atoms with Gasteiger partial charge in [-0.15, -0.1) is 0 Å². The molecular weight excluding hydrogens is 369 g/mol. The van der Waals surface area contributed by atoms with Crippen molar-refractivity contribution in [1.82, 2.24) is 14.9 Å². The van der Waals surface area contributed by atoms with Crippen molar-refractivity contribution in [3.05, 3.63) is 65.8 Å². The molecule has 0 saturated heterocycles. The average molecular weight is 389 g/mol. The molecule has 0 aliphatic rings. The summed E-state index contributed by atoms with van der Waals surface area (Å²) >= 11 is 0. The van der Waals surface area contributed by atoms with E-state index in [1.807, 2.05) is 26.0 Å². The highest BCUT2D eigenvalue weighted by molar-refractivity contribution is 7.89. The molecule has 3 aromatic rings. The number of benzene rings is 2. The number of nitrogens with one attached hydrogen (secondary N) is 1. The molecule has 0 radical (unpaired) electrons. The smallest absolute Gasteiger partial charge is 0.240 e. The quantitative estimate of drug-likeness (QED) is 0.668. The van der Waals surface area contributed by atoms with E-state index in [-0.39, 0.29) is 23.7 Å². The van der Waals surface area contributed by atoms with Gasteiger partial charge in [0.15, 0.2) is 0 Å². The molecule has 0 fully saturated rings. The Bertz CT molecular complexity index is 997. The molecule has 0 spiro atoms. The summed E-state index contributed by atoms with van der Waals surface area (Å²) in [6.07, 6.45) is 0.248. The molecule has 0 saturated carbocycles. The Morgan fingerprint density at radius 2 is 1.74 bits per heavy atom. The zero-order valence-electron chi connectivity index (χ0n) is 15.0. The van der Waals surface area contributed by atoms with Crippen LogP contribution in [0.15, 0.2) is 57.9 Å². The van der Waals surface area contributed by atoms with Crippen LogP contribution in [0.4, 0.5) is 4.39 Å². The molecule has 0 atom stereocenters. The predicted molar refractivity (Wildman–Crippen MR) is 99.1 cm³/mol. The van der Waals surface area contributed by atoms with E-state index in [9.17, 15) is 12.8 Å². The maximum atomic E-state index is 13.0. The van der Waals surface area contributed by atoms with E-state index < -0.39 is 10.0 Å². The number of hydrogen-bond donors (Lipinski definition) is 1. The monoisotopic (exact) mass is 389 g/mol. The molecule has 3 rings (SSSR count). The third-order valence-corrected chi connectivity index (χ3v) is 5.54. The zero-order valence-corrected chi connectivity index (χ0v) is 15.8. The Balaban J connectivity index is 1.60. The van der Waals surface area contributed by atoms with E-state index in [1.54, 1.807) is 24.3 Å². The first-order chi connectivity index (χ1) is 12.8. The summed E-state index contributed by atoms with van der Waals surface area (Å²) in [5.74, 6) is 0.616. The van der Waals surface area contributed by atoms with Crippen molar-refractivity contribution in [3.8, 4) is 11.4 Å². The Kier molecular flexibility index (Phi) is 5.67. The minimum Gasteiger partial charge on any atom is -0.339 e. The molecule has 0 unspecified atom stereocenters. The van der Waals surface area contributed by atoms with Gasteiger partial charge in [0.2, 0.25) is 21.7 Å². The van der Waals surface area contributed by atoms with Crippen molar-refractivity contribution in [2.45, 2.75) is 31.1 Å². The first-order valence-electron chi connectivity index (χ1n) is 8.53. The molecule has 0 aliphatic carbocycles. The highest BCUT2D eigenvalue weighted by Gasteiger charge is 2.15. The maximum Gasteiger partial charge on any atom is 0.240 e. The van der Waals surface area contributed by atoms with Gasteiger partial charge in [0.25, 0.3) is 0 Å². The minimum absolute atomic E-state index is 0.124. The van der Waals surface area contributed by atoms with Crippen LogP contribution in [0.1, 0.15) is 31.2 Å². The van der Waals surface area contributed by atoms with Crippen molar-refractivity contribution in [2.24, 2.45) is 0 Å². The molecule has 0 amide bonds. The Labute approximate surface area is 157 Å². The summed E-state index contributed by atoms with van der Waals surface area (Å²) in [6.45, 7) is 4.22. The fourth-order valence-electron chi connectivity index (χ4n) is 2.48. The highest BCUT2D eigenvalue weighted by atomic mass is 32.2. The van der Waals surface area contributed by atoms with E-state index >= 15 is 0 Å².